The zero-order chi connectivity index (χ0) is 14.2. The van der Waals surface area contributed by atoms with Crippen LogP contribution in [-0.2, 0) is 6.42 Å². The van der Waals surface area contributed by atoms with Crippen molar-refractivity contribution in [2.45, 2.75) is 26.2 Å². The number of hydrogen-bond donors (Lipinski definition) is 2. The van der Waals surface area contributed by atoms with Crippen molar-refractivity contribution in [3.8, 4) is 5.75 Å². The van der Waals surface area contributed by atoms with Gasteiger partial charge in [0.2, 0.25) is 0 Å². The highest BCUT2D eigenvalue weighted by Gasteiger charge is 2.08. The quantitative estimate of drug-likeness (QED) is 0.780. The number of nitrogen functional groups attached to an aromatic ring is 1. The Labute approximate surface area is 122 Å². The van der Waals surface area contributed by atoms with Crippen molar-refractivity contribution in [3.05, 3.63) is 23.8 Å². The molecule has 2 rings (SSSR count). The number of benzene rings is 1. The van der Waals surface area contributed by atoms with Crippen LogP contribution >= 0.6 is 0 Å². The van der Waals surface area contributed by atoms with Crippen LogP contribution in [0.2, 0.25) is 0 Å². The van der Waals surface area contributed by atoms with E-state index in [1.165, 1.54) is 38.0 Å². The second kappa shape index (κ2) is 8.12. The summed E-state index contributed by atoms with van der Waals surface area (Å²) in [7, 11) is 0. The van der Waals surface area contributed by atoms with E-state index < -0.39 is 0 Å². The van der Waals surface area contributed by atoms with Gasteiger partial charge in [0.1, 0.15) is 5.75 Å². The van der Waals surface area contributed by atoms with Crippen LogP contribution in [0.5, 0.6) is 5.75 Å². The van der Waals surface area contributed by atoms with Gasteiger partial charge in [-0.15, -0.1) is 0 Å². The highest BCUT2D eigenvalue weighted by atomic mass is 16.5. The second-order valence-electron chi connectivity index (χ2n) is 5.35. The Balaban J connectivity index is 1.77. The number of hydrogen-bond acceptors (Lipinski definition) is 4. The van der Waals surface area contributed by atoms with E-state index in [4.69, 9.17) is 10.5 Å². The van der Waals surface area contributed by atoms with E-state index in [1.54, 1.807) is 0 Å². The maximum atomic E-state index is 6.00. The van der Waals surface area contributed by atoms with Crippen LogP contribution in [0.4, 0.5) is 5.69 Å². The fourth-order valence-electron chi connectivity index (χ4n) is 2.67. The summed E-state index contributed by atoms with van der Waals surface area (Å²) >= 11 is 0. The monoisotopic (exact) mass is 277 g/mol. The molecule has 0 spiro atoms. The molecule has 1 aliphatic rings. The van der Waals surface area contributed by atoms with E-state index in [-0.39, 0.29) is 0 Å². The van der Waals surface area contributed by atoms with Crippen molar-refractivity contribution in [3.63, 3.8) is 0 Å². The van der Waals surface area contributed by atoms with Gasteiger partial charge in [0.15, 0.2) is 0 Å². The van der Waals surface area contributed by atoms with Crippen molar-refractivity contribution in [1.82, 2.24) is 10.2 Å². The fourth-order valence-corrected chi connectivity index (χ4v) is 2.67. The molecular formula is C16H27N3O. The normalized spacial score (nSPS) is 16.9. The van der Waals surface area contributed by atoms with Crippen LogP contribution in [0.25, 0.3) is 0 Å². The van der Waals surface area contributed by atoms with Gasteiger partial charge in [0.25, 0.3) is 0 Å². The first-order valence-electron chi connectivity index (χ1n) is 7.74. The summed E-state index contributed by atoms with van der Waals surface area (Å²) in [6, 6.07) is 6.17. The molecule has 4 heteroatoms. The summed E-state index contributed by atoms with van der Waals surface area (Å²) < 4.78 is 5.46. The molecule has 0 radical (unpaired) electrons. The molecule has 4 nitrogen and oxygen atoms in total. The van der Waals surface area contributed by atoms with Crippen LogP contribution in [-0.4, -0.2) is 44.2 Å². The number of nitrogens with zero attached hydrogens (tertiary/aromatic N) is 1. The van der Waals surface area contributed by atoms with Gasteiger partial charge in [-0.25, -0.2) is 0 Å². The van der Waals surface area contributed by atoms with E-state index in [0.717, 1.165) is 30.9 Å². The zero-order valence-corrected chi connectivity index (χ0v) is 12.5. The first kappa shape index (κ1) is 15.1. The molecule has 1 saturated heterocycles. The fraction of sp³-hybridized carbons (Fsp3) is 0.625. The molecule has 0 atom stereocenters. The lowest BCUT2D eigenvalue weighted by Crippen LogP contribution is -2.29. The summed E-state index contributed by atoms with van der Waals surface area (Å²) in [5.41, 5.74) is 8.06. The van der Waals surface area contributed by atoms with Crippen LogP contribution in [0.3, 0.4) is 0 Å². The molecule has 1 fully saturated rings. The zero-order valence-electron chi connectivity index (χ0n) is 12.5. The van der Waals surface area contributed by atoms with Crippen LogP contribution < -0.4 is 15.8 Å². The van der Waals surface area contributed by atoms with Crippen molar-refractivity contribution < 1.29 is 4.74 Å². The first-order chi connectivity index (χ1) is 9.79. The topological polar surface area (TPSA) is 50.5 Å². The second-order valence-corrected chi connectivity index (χ2v) is 5.35. The minimum atomic E-state index is 0.659. The van der Waals surface area contributed by atoms with E-state index in [2.05, 4.69) is 22.3 Å². The third-order valence-corrected chi connectivity index (χ3v) is 3.75. The van der Waals surface area contributed by atoms with Crippen LogP contribution in [0.15, 0.2) is 18.2 Å². The van der Waals surface area contributed by atoms with Gasteiger partial charge in [-0.3, -0.25) is 0 Å². The minimum Gasteiger partial charge on any atom is -0.492 e. The molecule has 1 aromatic rings. The lowest BCUT2D eigenvalue weighted by molar-refractivity contribution is 0.289. The Morgan fingerprint density at radius 1 is 1.30 bits per heavy atom. The van der Waals surface area contributed by atoms with E-state index in [1.807, 2.05) is 13.0 Å². The van der Waals surface area contributed by atoms with Gasteiger partial charge in [-0.2, -0.15) is 0 Å². The van der Waals surface area contributed by atoms with Gasteiger partial charge >= 0.3 is 0 Å². The smallest absolute Gasteiger partial charge is 0.142 e. The molecule has 0 amide bonds. The molecule has 0 bridgehead atoms. The third-order valence-electron chi connectivity index (χ3n) is 3.75. The van der Waals surface area contributed by atoms with Gasteiger partial charge in [0, 0.05) is 13.1 Å². The average Bonchev–Trinajstić information content (AvgIpc) is 2.71. The highest BCUT2D eigenvalue weighted by molar-refractivity contribution is 5.54. The van der Waals surface area contributed by atoms with E-state index in [9.17, 15) is 0 Å². The Kier molecular flexibility index (Phi) is 6.15. The number of aryl methyl sites for hydroxylation is 1. The Bertz CT molecular complexity index is 401. The van der Waals surface area contributed by atoms with Gasteiger partial charge in [-0.1, -0.05) is 6.07 Å². The van der Waals surface area contributed by atoms with Crippen molar-refractivity contribution >= 4 is 5.69 Å². The molecule has 0 saturated carbocycles. The van der Waals surface area contributed by atoms with Crippen LogP contribution in [0, 0.1) is 0 Å². The van der Waals surface area contributed by atoms with Gasteiger partial charge < -0.3 is 20.7 Å². The summed E-state index contributed by atoms with van der Waals surface area (Å²) in [5.74, 6) is 0.801. The Morgan fingerprint density at radius 3 is 3.00 bits per heavy atom. The molecule has 3 N–H and O–H groups in total. The number of nitrogens with two attached hydrogens (primary N) is 1. The largest absolute Gasteiger partial charge is 0.492 e. The number of rotatable bonds is 6. The highest BCUT2D eigenvalue weighted by Crippen LogP contribution is 2.23. The summed E-state index contributed by atoms with van der Waals surface area (Å²) in [6.07, 6.45) is 3.53. The molecular weight excluding hydrogens is 250 g/mol. The average molecular weight is 277 g/mol. The predicted molar refractivity (Wildman–Crippen MR) is 84.3 cm³/mol. The number of nitrogens with one attached hydrogen (secondary N) is 1. The van der Waals surface area contributed by atoms with Gasteiger partial charge in [0.05, 0.1) is 12.3 Å². The standard InChI is InChI=1S/C16H27N3O/c1-2-20-16-7-6-14(13-15(16)17)5-3-10-19-11-4-8-18-9-12-19/h6-7,13,18H,2-5,8-12,17H2,1H3. The maximum Gasteiger partial charge on any atom is 0.142 e. The minimum absolute atomic E-state index is 0.659. The van der Waals surface area contributed by atoms with E-state index >= 15 is 0 Å². The van der Waals surface area contributed by atoms with Crippen molar-refractivity contribution in [2.75, 3.05) is 45.1 Å². The molecule has 0 unspecified atom stereocenters. The Hall–Kier alpha value is -1.26. The summed E-state index contributed by atoms with van der Waals surface area (Å²) in [5, 5.41) is 3.44. The maximum absolute atomic E-state index is 6.00. The Morgan fingerprint density at radius 2 is 2.20 bits per heavy atom. The molecule has 0 aliphatic carbocycles. The summed E-state index contributed by atoms with van der Waals surface area (Å²) in [6.45, 7) is 8.48. The summed E-state index contributed by atoms with van der Waals surface area (Å²) in [4.78, 5) is 2.55. The number of ether oxygens (including phenoxy) is 1. The molecule has 0 aromatic heterocycles. The molecule has 20 heavy (non-hydrogen) atoms. The third kappa shape index (κ3) is 4.69. The predicted octanol–water partition coefficient (Wildman–Crippen LogP) is 1.90. The molecule has 1 heterocycles. The van der Waals surface area contributed by atoms with Crippen LogP contribution in [0.1, 0.15) is 25.3 Å². The van der Waals surface area contributed by atoms with Crippen molar-refractivity contribution in [1.29, 1.82) is 0 Å². The lowest BCUT2D eigenvalue weighted by Gasteiger charge is -2.19. The SMILES string of the molecule is CCOc1ccc(CCCN2CCCNCC2)cc1N. The first-order valence-corrected chi connectivity index (χ1v) is 7.74. The van der Waals surface area contributed by atoms with Gasteiger partial charge in [-0.05, 0) is 63.5 Å². The molecule has 112 valence electrons. The number of anilines is 1. The lowest BCUT2D eigenvalue weighted by atomic mass is 10.1. The van der Waals surface area contributed by atoms with Crippen molar-refractivity contribution in [2.24, 2.45) is 0 Å². The molecule has 1 aromatic carbocycles. The molecule has 1 aliphatic heterocycles. The van der Waals surface area contributed by atoms with E-state index in [0.29, 0.717) is 6.61 Å².